The number of rotatable bonds is 2. The summed E-state index contributed by atoms with van der Waals surface area (Å²) in [6, 6.07) is 2.63. The van der Waals surface area contributed by atoms with Crippen molar-refractivity contribution in [1.29, 1.82) is 0 Å². The quantitative estimate of drug-likeness (QED) is 0.854. The topological polar surface area (TPSA) is 42.2 Å². The van der Waals surface area contributed by atoms with E-state index in [1.54, 1.807) is 6.20 Å². The normalized spacial score (nSPS) is 29.0. The molecule has 3 heteroatoms. The largest absolute Gasteiger partial charge is 0.396 e. The Balaban J connectivity index is 2.10. The Hall–Kier alpha value is -1.25. The number of nitrogens with zero attached hydrogens (tertiary/aromatic N) is 2. The Labute approximate surface area is 104 Å². The highest BCUT2D eigenvalue weighted by molar-refractivity contribution is 5.66. The van der Waals surface area contributed by atoms with Gasteiger partial charge in [0, 0.05) is 19.3 Å². The van der Waals surface area contributed by atoms with E-state index in [0.29, 0.717) is 6.04 Å². The first-order valence-electron chi connectivity index (χ1n) is 6.52. The predicted molar refractivity (Wildman–Crippen MR) is 73.0 cm³/mol. The number of hydrogen-bond acceptors (Lipinski definition) is 3. The zero-order valence-electron chi connectivity index (χ0n) is 11.1. The maximum Gasteiger partial charge on any atom is 0.0738 e. The van der Waals surface area contributed by atoms with Gasteiger partial charge >= 0.3 is 0 Å². The minimum absolute atomic E-state index is 0.617. The summed E-state index contributed by atoms with van der Waals surface area (Å²) in [7, 11) is 2.15. The van der Waals surface area contributed by atoms with Gasteiger partial charge in [-0.25, -0.2) is 0 Å². The standard InChI is InChI=1S/C14H23N3/c1-10-4-5-12(8-11(10)2)17(3)14-6-7-16-9-13(14)15/h6-7,9-12H,4-5,8,15H2,1-3H3. The van der Waals surface area contributed by atoms with Gasteiger partial charge in [0.15, 0.2) is 0 Å². The summed E-state index contributed by atoms with van der Waals surface area (Å²) in [6.45, 7) is 4.72. The molecule has 3 unspecified atom stereocenters. The molecule has 0 saturated heterocycles. The van der Waals surface area contributed by atoms with Crippen molar-refractivity contribution < 1.29 is 0 Å². The lowest BCUT2D eigenvalue weighted by molar-refractivity contribution is 0.247. The van der Waals surface area contributed by atoms with E-state index in [2.05, 4.69) is 30.8 Å². The van der Waals surface area contributed by atoms with Gasteiger partial charge in [0.05, 0.1) is 17.6 Å². The summed E-state index contributed by atoms with van der Waals surface area (Å²) >= 11 is 0. The molecule has 2 rings (SSSR count). The Morgan fingerprint density at radius 3 is 2.71 bits per heavy atom. The van der Waals surface area contributed by atoms with Crippen LogP contribution in [-0.4, -0.2) is 18.1 Å². The maximum atomic E-state index is 5.99. The molecule has 3 atom stereocenters. The summed E-state index contributed by atoms with van der Waals surface area (Å²) in [6.07, 6.45) is 7.40. The van der Waals surface area contributed by atoms with Gasteiger partial charge in [-0.2, -0.15) is 0 Å². The van der Waals surface area contributed by atoms with Gasteiger partial charge in [0.1, 0.15) is 0 Å². The van der Waals surface area contributed by atoms with Crippen molar-refractivity contribution in [3.8, 4) is 0 Å². The molecule has 1 fully saturated rings. The fourth-order valence-electron chi connectivity index (χ4n) is 2.79. The Kier molecular flexibility index (Phi) is 3.55. The van der Waals surface area contributed by atoms with Crippen molar-refractivity contribution >= 4 is 11.4 Å². The van der Waals surface area contributed by atoms with Gasteiger partial charge < -0.3 is 10.6 Å². The lowest BCUT2D eigenvalue weighted by Gasteiger charge is -2.38. The number of hydrogen-bond donors (Lipinski definition) is 1. The minimum Gasteiger partial charge on any atom is -0.396 e. The Morgan fingerprint density at radius 1 is 1.29 bits per heavy atom. The van der Waals surface area contributed by atoms with Gasteiger partial charge in [-0.1, -0.05) is 13.8 Å². The van der Waals surface area contributed by atoms with Gasteiger partial charge in [-0.05, 0) is 37.2 Å². The molecule has 17 heavy (non-hydrogen) atoms. The van der Waals surface area contributed by atoms with Crippen LogP contribution < -0.4 is 10.6 Å². The first-order valence-corrected chi connectivity index (χ1v) is 6.52. The molecule has 1 aliphatic carbocycles. The third-order valence-corrected chi connectivity index (χ3v) is 4.33. The van der Waals surface area contributed by atoms with Crippen molar-refractivity contribution in [2.75, 3.05) is 17.7 Å². The maximum absolute atomic E-state index is 5.99. The molecule has 0 aromatic carbocycles. The zero-order chi connectivity index (χ0) is 12.4. The van der Waals surface area contributed by atoms with Crippen LogP contribution in [0.25, 0.3) is 0 Å². The van der Waals surface area contributed by atoms with E-state index in [1.807, 2.05) is 12.3 Å². The molecule has 2 N–H and O–H groups in total. The first kappa shape index (κ1) is 12.2. The summed E-state index contributed by atoms with van der Waals surface area (Å²) in [5, 5.41) is 0. The van der Waals surface area contributed by atoms with Crippen LogP contribution in [0.2, 0.25) is 0 Å². The molecule has 3 nitrogen and oxygen atoms in total. The average Bonchev–Trinajstić information content (AvgIpc) is 2.32. The zero-order valence-corrected chi connectivity index (χ0v) is 11.1. The molecule has 1 aromatic rings. The van der Waals surface area contributed by atoms with Crippen LogP contribution >= 0.6 is 0 Å². The summed E-state index contributed by atoms with van der Waals surface area (Å²) in [5.74, 6) is 1.66. The van der Waals surface area contributed by atoms with Crippen molar-refractivity contribution in [3.05, 3.63) is 18.5 Å². The van der Waals surface area contributed by atoms with Crippen LogP contribution in [-0.2, 0) is 0 Å². The molecule has 94 valence electrons. The van der Waals surface area contributed by atoms with Crippen LogP contribution in [0.5, 0.6) is 0 Å². The van der Waals surface area contributed by atoms with Crippen molar-refractivity contribution in [3.63, 3.8) is 0 Å². The monoisotopic (exact) mass is 233 g/mol. The highest BCUT2D eigenvalue weighted by Gasteiger charge is 2.27. The smallest absolute Gasteiger partial charge is 0.0738 e. The SMILES string of the molecule is CC1CCC(N(C)c2ccncc2N)CC1C. The molecule has 1 aromatic heterocycles. The average molecular weight is 233 g/mol. The lowest BCUT2D eigenvalue weighted by Crippen LogP contribution is -2.38. The highest BCUT2D eigenvalue weighted by Crippen LogP contribution is 2.34. The summed E-state index contributed by atoms with van der Waals surface area (Å²) < 4.78 is 0. The van der Waals surface area contributed by atoms with Crippen LogP contribution in [0.15, 0.2) is 18.5 Å². The number of nitrogens with two attached hydrogens (primary N) is 1. The van der Waals surface area contributed by atoms with Gasteiger partial charge in [-0.3, -0.25) is 4.98 Å². The van der Waals surface area contributed by atoms with Crippen LogP contribution in [0.3, 0.4) is 0 Å². The fraction of sp³-hybridized carbons (Fsp3) is 0.643. The molecule has 1 heterocycles. The van der Waals surface area contributed by atoms with Crippen molar-refractivity contribution in [2.24, 2.45) is 11.8 Å². The van der Waals surface area contributed by atoms with E-state index in [1.165, 1.54) is 19.3 Å². The third-order valence-electron chi connectivity index (χ3n) is 4.33. The van der Waals surface area contributed by atoms with E-state index in [0.717, 1.165) is 23.2 Å². The molecule has 1 aliphatic rings. The number of pyridine rings is 1. The number of anilines is 2. The molecule has 0 aliphatic heterocycles. The fourth-order valence-corrected chi connectivity index (χ4v) is 2.79. The second kappa shape index (κ2) is 4.94. The van der Waals surface area contributed by atoms with Gasteiger partial charge in [-0.15, -0.1) is 0 Å². The number of nitrogen functional groups attached to an aromatic ring is 1. The van der Waals surface area contributed by atoms with E-state index >= 15 is 0 Å². The second-order valence-electron chi connectivity index (χ2n) is 5.47. The summed E-state index contributed by atoms with van der Waals surface area (Å²) in [5.41, 5.74) is 7.88. The Morgan fingerprint density at radius 2 is 2.06 bits per heavy atom. The van der Waals surface area contributed by atoms with Crippen LogP contribution in [0.4, 0.5) is 11.4 Å². The van der Waals surface area contributed by atoms with Crippen molar-refractivity contribution in [1.82, 2.24) is 4.98 Å². The highest BCUT2D eigenvalue weighted by atomic mass is 15.1. The first-order chi connectivity index (χ1) is 8.09. The molecule has 1 saturated carbocycles. The second-order valence-corrected chi connectivity index (χ2v) is 5.47. The molecule has 0 bridgehead atoms. The third kappa shape index (κ3) is 2.54. The summed E-state index contributed by atoms with van der Waals surface area (Å²) in [4.78, 5) is 6.38. The van der Waals surface area contributed by atoms with Gasteiger partial charge in [0.2, 0.25) is 0 Å². The van der Waals surface area contributed by atoms with E-state index in [-0.39, 0.29) is 0 Å². The molecule has 0 amide bonds. The minimum atomic E-state index is 0.617. The number of aromatic nitrogens is 1. The van der Waals surface area contributed by atoms with Crippen LogP contribution in [0, 0.1) is 11.8 Å². The van der Waals surface area contributed by atoms with Crippen molar-refractivity contribution in [2.45, 2.75) is 39.2 Å². The van der Waals surface area contributed by atoms with E-state index in [9.17, 15) is 0 Å². The molecular weight excluding hydrogens is 210 g/mol. The molecule has 0 spiro atoms. The van der Waals surface area contributed by atoms with Crippen LogP contribution in [0.1, 0.15) is 33.1 Å². The Bertz CT molecular complexity index is 377. The molecule has 0 radical (unpaired) electrons. The predicted octanol–water partition coefficient (Wildman–Crippen LogP) is 2.92. The lowest BCUT2D eigenvalue weighted by atomic mass is 9.78. The molecular formula is C14H23N3. The van der Waals surface area contributed by atoms with E-state index < -0.39 is 0 Å². The van der Waals surface area contributed by atoms with E-state index in [4.69, 9.17) is 5.73 Å². The van der Waals surface area contributed by atoms with Gasteiger partial charge in [0.25, 0.3) is 0 Å².